The number of rotatable bonds is 9. The lowest BCUT2D eigenvalue weighted by molar-refractivity contribution is 0.260. The topological polar surface area (TPSA) is 86.5 Å². The number of aryl methyl sites for hydroxylation is 1. The molecule has 0 amide bonds. The minimum Gasteiger partial charge on any atom is -0.357 e. The summed E-state index contributed by atoms with van der Waals surface area (Å²) in [4.78, 5) is 18.0. The van der Waals surface area contributed by atoms with Crippen molar-refractivity contribution in [2.24, 2.45) is 4.99 Å². The lowest BCUT2D eigenvalue weighted by Gasteiger charge is -2.34. The summed E-state index contributed by atoms with van der Waals surface area (Å²) in [5, 5.41) is 11.0. The number of nitrogens with one attached hydrogen (secondary N) is 2. The molecule has 0 radical (unpaired) electrons. The molecule has 0 bridgehead atoms. The van der Waals surface area contributed by atoms with Crippen LogP contribution in [-0.2, 0) is 6.54 Å². The van der Waals surface area contributed by atoms with E-state index in [9.17, 15) is 0 Å². The average molecular weight is 386 g/mol. The molecule has 1 aliphatic rings. The van der Waals surface area contributed by atoms with Crippen molar-refractivity contribution in [2.45, 2.75) is 19.9 Å². The van der Waals surface area contributed by atoms with Gasteiger partial charge in [-0.15, -0.1) is 0 Å². The van der Waals surface area contributed by atoms with E-state index in [4.69, 9.17) is 0 Å². The molecule has 2 aromatic rings. The number of aromatic nitrogens is 4. The Morgan fingerprint density at radius 3 is 2.57 bits per heavy atom. The summed E-state index contributed by atoms with van der Waals surface area (Å²) in [6, 6.07) is 3.80. The first-order valence-electron chi connectivity index (χ1n) is 10.1. The molecular weight excluding hydrogens is 354 g/mol. The van der Waals surface area contributed by atoms with Gasteiger partial charge in [-0.3, -0.25) is 14.6 Å². The molecule has 9 heteroatoms. The fourth-order valence-electron chi connectivity index (χ4n) is 3.16. The Balaban J connectivity index is 1.33. The van der Waals surface area contributed by atoms with Crippen molar-refractivity contribution in [3.8, 4) is 0 Å². The van der Waals surface area contributed by atoms with Crippen LogP contribution in [0.15, 0.2) is 41.9 Å². The molecule has 3 heterocycles. The van der Waals surface area contributed by atoms with Gasteiger partial charge in [0, 0.05) is 83.7 Å². The standard InChI is InChI=1S/C19H31N9/c1-2-20-18(21-8-4-11-28-12-5-9-25-28)22-10-13-26-14-16-27(17-15-26)19-23-6-3-7-24-19/h3,5-7,9,12H,2,4,8,10-11,13-17H2,1H3,(H2,20,21,22). The molecule has 9 nitrogen and oxygen atoms in total. The highest BCUT2D eigenvalue weighted by molar-refractivity contribution is 5.79. The largest absolute Gasteiger partial charge is 0.357 e. The molecule has 0 unspecified atom stereocenters. The molecule has 2 aromatic heterocycles. The van der Waals surface area contributed by atoms with E-state index in [1.54, 1.807) is 12.4 Å². The minimum atomic E-state index is 0.783. The second-order valence-electron chi connectivity index (χ2n) is 6.69. The van der Waals surface area contributed by atoms with Gasteiger partial charge in [-0.1, -0.05) is 0 Å². The molecule has 1 saturated heterocycles. The summed E-state index contributed by atoms with van der Waals surface area (Å²) < 4.78 is 1.94. The second kappa shape index (κ2) is 11.2. The Morgan fingerprint density at radius 1 is 1.04 bits per heavy atom. The summed E-state index contributed by atoms with van der Waals surface area (Å²) in [6.45, 7) is 10.5. The fraction of sp³-hybridized carbons (Fsp3) is 0.579. The molecule has 28 heavy (non-hydrogen) atoms. The maximum atomic E-state index is 4.66. The quantitative estimate of drug-likeness (QED) is 0.368. The normalized spacial score (nSPS) is 15.6. The first kappa shape index (κ1) is 20.1. The van der Waals surface area contributed by atoms with Gasteiger partial charge in [0.05, 0.1) is 0 Å². The van der Waals surface area contributed by atoms with Crippen molar-refractivity contribution in [3.05, 3.63) is 36.9 Å². The van der Waals surface area contributed by atoms with Crippen LogP contribution in [0.3, 0.4) is 0 Å². The average Bonchev–Trinajstić information content (AvgIpc) is 3.26. The lowest BCUT2D eigenvalue weighted by Crippen LogP contribution is -2.49. The first-order chi connectivity index (χ1) is 13.8. The van der Waals surface area contributed by atoms with Crippen molar-refractivity contribution in [1.82, 2.24) is 35.3 Å². The van der Waals surface area contributed by atoms with Crippen LogP contribution in [0.2, 0.25) is 0 Å². The summed E-state index contributed by atoms with van der Waals surface area (Å²) in [6.07, 6.45) is 8.37. The predicted octanol–water partition coefficient (Wildman–Crippen LogP) is 0.441. The summed E-state index contributed by atoms with van der Waals surface area (Å²) in [5.74, 6) is 1.72. The first-order valence-corrected chi connectivity index (χ1v) is 10.1. The van der Waals surface area contributed by atoms with Crippen LogP contribution in [0.5, 0.6) is 0 Å². The molecule has 152 valence electrons. The minimum absolute atomic E-state index is 0.783. The molecule has 3 rings (SSSR count). The zero-order chi connectivity index (χ0) is 19.4. The van der Waals surface area contributed by atoms with Crippen LogP contribution in [0.4, 0.5) is 5.95 Å². The molecular formula is C19H31N9. The number of hydrogen-bond acceptors (Lipinski definition) is 6. The lowest BCUT2D eigenvalue weighted by atomic mass is 10.3. The third-order valence-electron chi connectivity index (χ3n) is 4.65. The van der Waals surface area contributed by atoms with E-state index in [0.29, 0.717) is 0 Å². The van der Waals surface area contributed by atoms with Crippen molar-refractivity contribution in [1.29, 1.82) is 0 Å². The second-order valence-corrected chi connectivity index (χ2v) is 6.69. The summed E-state index contributed by atoms with van der Waals surface area (Å²) in [7, 11) is 0. The molecule has 1 fully saturated rings. The molecule has 0 spiro atoms. The number of aliphatic imine (C=N–C) groups is 1. The molecule has 0 aliphatic carbocycles. The van der Waals surface area contributed by atoms with Gasteiger partial charge in [0.25, 0.3) is 0 Å². The number of nitrogens with zero attached hydrogens (tertiary/aromatic N) is 7. The Kier molecular flexibility index (Phi) is 8.05. The fourth-order valence-corrected chi connectivity index (χ4v) is 3.16. The zero-order valence-electron chi connectivity index (χ0n) is 16.7. The van der Waals surface area contributed by atoms with Gasteiger partial charge >= 0.3 is 0 Å². The maximum absolute atomic E-state index is 4.66. The molecule has 1 aliphatic heterocycles. The van der Waals surface area contributed by atoms with Crippen molar-refractivity contribution < 1.29 is 0 Å². The van der Waals surface area contributed by atoms with Gasteiger partial charge in [-0.05, 0) is 25.5 Å². The third-order valence-corrected chi connectivity index (χ3v) is 4.65. The SMILES string of the molecule is CCNC(=NCCCn1cccn1)NCCN1CCN(c2ncccn2)CC1. The van der Waals surface area contributed by atoms with Crippen LogP contribution in [0.25, 0.3) is 0 Å². The highest BCUT2D eigenvalue weighted by Crippen LogP contribution is 2.08. The number of piperazine rings is 1. The smallest absolute Gasteiger partial charge is 0.225 e. The summed E-state index contributed by atoms with van der Waals surface area (Å²) in [5.41, 5.74) is 0. The van der Waals surface area contributed by atoms with E-state index in [-0.39, 0.29) is 0 Å². The van der Waals surface area contributed by atoms with Crippen LogP contribution < -0.4 is 15.5 Å². The molecule has 0 aromatic carbocycles. The Hall–Kier alpha value is -2.68. The zero-order valence-corrected chi connectivity index (χ0v) is 16.7. The van der Waals surface area contributed by atoms with Crippen LogP contribution in [0.1, 0.15) is 13.3 Å². The molecule has 0 saturated carbocycles. The van der Waals surface area contributed by atoms with E-state index in [1.165, 1.54) is 0 Å². The van der Waals surface area contributed by atoms with Crippen molar-refractivity contribution in [3.63, 3.8) is 0 Å². The van der Waals surface area contributed by atoms with E-state index < -0.39 is 0 Å². The van der Waals surface area contributed by atoms with E-state index in [1.807, 2.05) is 29.2 Å². The third kappa shape index (κ3) is 6.49. The van der Waals surface area contributed by atoms with E-state index in [2.05, 4.69) is 47.4 Å². The number of guanidine groups is 1. The molecule has 2 N–H and O–H groups in total. The van der Waals surface area contributed by atoms with Gasteiger partial charge < -0.3 is 15.5 Å². The number of hydrogen-bond donors (Lipinski definition) is 2. The summed E-state index contributed by atoms with van der Waals surface area (Å²) >= 11 is 0. The van der Waals surface area contributed by atoms with Crippen LogP contribution in [-0.4, -0.2) is 83.0 Å². The molecule has 0 atom stereocenters. The van der Waals surface area contributed by atoms with Crippen molar-refractivity contribution in [2.75, 3.05) is 57.3 Å². The van der Waals surface area contributed by atoms with Gasteiger partial charge in [0.1, 0.15) is 0 Å². The maximum Gasteiger partial charge on any atom is 0.225 e. The van der Waals surface area contributed by atoms with Crippen LogP contribution in [0, 0.1) is 0 Å². The van der Waals surface area contributed by atoms with Crippen molar-refractivity contribution >= 4 is 11.9 Å². The van der Waals surface area contributed by atoms with E-state index in [0.717, 1.165) is 77.2 Å². The Morgan fingerprint density at radius 2 is 1.86 bits per heavy atom. The highest BCUT2D eigenvalue weighted by atomic mass is 15.3. The number of anilines is 1. The Bertz CT molecular complexity index is 679. The van der Waals surface area contributed by atoms with Gasteiger partial charge in [0.2, 0.25) is 5.95 Å². The predicted molar refractivity (Wildman–Crippen MR) is 112 cm³/mol. The van der Waals surface area contributed by atoms with Gasteiger partial charge in [-0.2, -0.15) is 5.10 Å². The Labute approximate surface area is 166 Å². The van der Waals surface area contributed by atoms with Gasteiger partial charge in [-0.25, -0.2) is 9.97 Å². The highest BCUT2D eigenvalue weighted by Gasteiger charge is 2.18. The van der Waals surface area contributed by atoms with Crippen LogP contribution >= 0.6 is 0 Å². The van der Waals surface area contributed by atoms with Gasteiger partial charge in [0.15, 0.2) is 5.96 Å². The monoisotopic (exact) mass is 385 g/mol. The van der Waals surface area contributed by atoms with E-state index >= 15 is 0 Å².